The summed E-state index contributed by atoms with van der Waals surface area (Å²) in [7, 11) is 0. The molecular formula is C9H11N5S. The van der Waals surface area contributed by atoms with Crippen LogP contribution in [-0.2, 0) is 6.42 Å². The van der Waals surface area contributed by atoms with Gasteiger partial charge in [-0.2, -0.15) is 8.75 Å². The van der Waals surface area contributed by atoms with Crippen LogP contribution in [0.2, 0.25) is 0 Å². The van der Waals surface area contributed by atoms with Gasteiger partial charge in [0.25, 0.3) is 0 Å². The molecule has 2 aromatic rings. The number of hydrogen-bond acceptors (Lipinski definition) is 6. The van der Waals surface area contributed by atoms with Gasteiger partial charge in [0.15, 0.2) is 0 Å². The summed E-state index contributed by atoms with van der Waals surface area (Å²) < 4.78 is 8.11. The van der Waals surface area contributed by atoms with Gasteiger partial charge in [-0.05, 0) is 24.1 Å². The minimum Gasteiger partial charge on any atom is -0.271 e. The molecule has 0 saturated heterocycles. The Labute approximate surface area is 91.7 Å². The molecule has 2 aromatic heterocycles. The minimum absolute atomic E-state index is 0.00569. The van der Waals surface area contributed by atoms with Crippen LogP contribution in [0.15, 0.2) is 30.7 Å². The third-order valence-electron chi connectivity index (χ3n) is 2.13. The zero-order chi connectivity index (χ0) is 10.5. The van der Waals surface area contributed by atoms with Gasteiger partial charge in [-0.1, -0.05) is 0 Å². The molecule has 2 rings (SSSR count). The first-order valence-electron chi connectivity index (χ1n) is 4.52. The third-order valence-corrected chi connectivity index (χ3v) is 2.62. The molecule has 1 unspecified atom stereocenters. The maximum atomic E-state index is 5.48. The summed E-state index contributed by atoms with van der Waals surface area (Å²) >= 11 is 1.19. The van der Waals surface area contributed by atoms with Crippen LogP contribution in [-0.4, -0.2) is 13.7 Å². The van der Waals surface area contributed by atoms with Crippen molar-refractivity contribution in [2.75, 3.05) is 0 Å². The van der Waals surface area contributed by atoms with Crippen LogP contribution in [0.5, 0.6) is 0 Å². The normalized spacial score (nSPS) is 12.6. The highest BCUT2D eigenvalue weighted by Gasteiger charge is 2.12. The third kappa shape index (κ3) is 2.56. The summed E-state index contributed by atoms with van der Waals surface area (Å²) in [6.07, 6.45) is 6.05. The number of hydrazine groups is 1. The van der Waals surface area contributed by atoms with Gasteiger partial charge in [0.05, 0.1) is 29.7 Å². The largest absolute Gasteiger partial charge is 0.271 e. The van der Waals surface area contributed by atoms with E-state index < -0.39 is 0 Å². The lowest BCUT2D eigenvalue weighted by Gasteiger charge is -2.12. The molecule has 78 valence electrons. The van der Waals surface area contributed by atoms with E-state index in [0.717, 1.165) is 12.1 Å². The Morgan fingerprint density at radius 2 is 2.20 bits per heavy atom. The van der Waals surface area contributed by atoms with Crippen LogP contribution in [0.25, 0.3) is 0 Å². The van der Waals surface area contributed by atoms with Crippen LogP contribution in [0.1, 0.15) is 17.3 Å². The van der Waals surface area contributed by atoms with Crippen molar-refractivity contribution < 1.29 is 0 Å². The van der Waals surface area contributed by atoms with Gasteiger partial charge in [-0.25, -0.2) is 0 Å². The van der Waals surface area contributed by atoms with Crippen molar-refractivity contribution in [1.29, 1.82) is 0 Å². The van der Waals surface area contributed by atoms with E-state index in [-0.39, 0.29) is 6.04 Å². The minimum atomic E-state index is 0.00569. The SMILES string of the molecule is NNC(Cc1ccncc1)c1cnsn1. The predicted molar refractivity (Wildman–Crippen MR) is 57.9 cm³/mol. The number of pyridine rings is 1. The Balaban J connectivity index is 2.10. The average Bonchev–Trinajstić information content (AvgIpc) is 2.81. The maximum Gasteiger partial charge on any atom is 0.0929 e. The topological polar surface area (TPSA) is 76.7 Å². The van der Waals surface area contributed by atoms with E-state index >= 15 is 0 Å². The first kappa shape index (κ1) is 10.2. The van der Waals surface area contributed by atoms with Crippen LogP contribution in [0.4, 0.5) is 0 Å². The van der Waals surface area contributed by atoms with Crippen LogP contribution < -0.4 is 11.3 Å². The van der Waals surface area contributed by atoms with Gasteiger partial charge in [0, 0.05) is 12.4 Å². The Morgan fingerprint density at radius 1 is 1.40 bits per heavy atom. The molecule has 0 saturated carbocycles. The van der Waals surface area contributed by atoms with Crippen molar-refractivity contribution in [1.82, 2.24) is 19.2 Å². The molecule has 1 atom stereocenters. The molecule has 3 N–H and O–H groups in total. The first-order chi connectivity index (χ1) is 7.40. The van der Waals surface area contributed by atoms with E-state index in [1.54, 1.807) is 18.6 Å². The fourth-order valence-electron chi connectivity index (χ4n) is 1.33. The van der Waals surface area contributed by atoms with Crippen molar-refractivity contribution in [3.8, 4) is 0 Å². The van der Waals surface area contributed by atoms with Crippen LogP contribution >= 0.6 is 11.7 Å². The second-order valence-corrected chi connectivity index (χ2v) is 3.67. The molecule has 0 radical (unpaired) electrons. The van der Waals surface area contributed by atoms with Crippen molar-refractivity contribution in [2.24, 2.45) is 5.84 Å². The van der Waals surface area contributed by atoms with E-state index in [1.807, 2.05) is 12.1 Å². The highest BCUT2D eigenvalue weighted by Crippen LogP contribution is 2.15. The molecular weight excluding hydrogens is 210 g/mol. The van der Waals surface area contributed by atoms with E-state index in [1.165, 1.54) is 17.3 Å². The highest BCUT2D eigenvalue weighted by molar-refractivity contribution is 6.99. The highest BCUT2D eigenvalue weighted by atomic mass is 32.1. The zero-order valence-electron chi connectivity index (χ0n) is 8.00. The Bertz CT molecular complexity index is 388. The van der Waals surface area contributed by atoms with E-state index in [0.29, 0.717) is 0 Å². The van der Waals surface area contributed by atoms with Crippen molar-refractivity contribution in [2.45, 2.75) is 12.5 Å². The van der Waals surface area contributed by atoms with Crippen molar-refractivity contribution in [3.05, 3.63) is 42.0 Å². The lowest BCUT2D eigenvalue weighted by molar-refractivity contribution is 0.542. The number of aromatic nitrogens is 3. The van der Waals surface area contributed by atoms with E-state index in [4.69, 9.17) is 5.84 Å². The number of rotatable bonds is 4. The number of hydrogen-bond donors (Lipinski definition) is 2. The van der Waals surface area contributed by atoms with Crippen LogP contribution in [0.3, 0.4) is 0 Å². The lowest BCUT2D eigenvalue weighted by atomic mass is 10.1. The molecule has 6 heteroatoms. The van der Waals surface area contributed by atoms with Gasteiger partial charge in [-0.3, -0.25) is 16.3 Å². The number of nitrogens with zero attached hydrogens (tertiary/aromatic N) is 3. The van der Waals surface area contributed by atoms with Crippen molar-refractivity contribution >= 4 is 11.7 Å². The predicted octanol–water partition coefficient (Wildman–Crippen LogP) is 0.680. The van der Waals surface area contributed by atoms with Crippen molar-refractivity contribution in [3.63, 3.8) is 0 Å². The maximum absolute atomic E-state index is 5.48. The fourth-order valence-corrected chi connectivity index (χ4v) is 1.80. The summed E-state index contributed by atoms with van der Waals surface area (Å²) in [6, 6.07) is 3.93. The van der Waals surface area contributed by atoms with Gasteiger partial charge in [0.1, 0.15) is 0 Å². The molecule has 5 nitrogen and oxygen atoms in total. The quantitative estimate of drug-likeness (QED) is 0.586. The summed E-state index contributed by atoms with van der Waals surface area (Å²) in [5, 5.41) is 0. The van der Waals surface area contributed by atoms with E-state index in [9.17, 15) is 0 Å². The van der Waals surface area contributed by atoms with Gasteiger partial charge >= 0.3 is 0 Å². The second kappa shape index (κ2) is 4.92. The fraction of sp³-hybridized carbons (Fsp3) is 0.222. The molecule has 0 aliphatic heterocycles. The van der Waals surface area contributed by atoms with Crippen LogP contribution in [0, 0.1) is 0 Å². The molecule has 0 bridgehead atoms. The standard InChI is InChI=1S/C9H11N5S/c10-13-8(9-6-12-15-14-9)5-7-1-3-11-4-2-7/h1-4,6,8,13H,5,10H2. The zero-order valence-corrected chi connectivity index (χ0v) is 8.81. The Kier molecular flexibility index (Phi) is 3.33. The lowest BCUT2D eigenvalue weighted by Crippen LogP contribution is -2.29. The summed E-state index contributed by atoms with van der Waals surface area (Å²) in [4.78, 5) is 3.96. The van der Waals surface area contributed by atoms with E-state index in [2.05, 4.69) is 19.2 Å². The molecule has 0 aromatic carbocycles. The summed E-state index contributed by atoms with van der Waals surface area (Å²) in [5.41, 5.74) is 4.78. The van der Waals surface area contributed by atoms with Gasteiger partial charge in [-0.15, -0.1) is 0 Å². The van der Waals surface area contributed by atoms with Gasteiger partial charge in [0.2, 0.25) is 0 Å². The molecule has 2 heterocycles. The molecule has 0 fully saturated rings. The smallest absolute Gasteiger partial charge is 0.0929 e. The first-order valence-corrected chi connectivity index (χ1v) is 5.25. The number of nitrogens with two attached hydrogens (primary N) is 1. The Morgan fingerprint density at radius 3 is 2.80 bits per heavy atom. The van der Waals surface area contributed by atoms with Gasteiger partial charge < -0.3 is 0 Å². The average molecular weight is 221 g/mol. The molecule has 0 spiro atoms. The molecule has 0 aliphatic rings. The molecule has 0 aliphatic carbocycles. The molecule has 0 amide bonds. The summed E-state index contributed by atoms with van der Waals surface area (Å²) in [6.45, 7) is 0. The molecule has 15 heavy (non-hydrogen) atoms. The number of nitrogens with one attached hydrogen (secondary N) is 1. The monoisotopic (exact) mass is 221 g/mol. The summed E-state index contributed by atoms with van der Waals surface area (Å²) in [5.74, 6) is 5.48. The second-order valence-electron chi connectivity index (χ2n) is 3.11. The Hall–Kier alpha value is -1.37.